The van der Waals surface area contributed by atoms with Crippen LogP contribution >= 0.6 is 34.8 Å². The second-order valence-corrected chi connectivity index (χ2v) is 9.98. The molecule has 1 heterocycles. The van der Waals surface area contributed by atoms with Crippen LogP contribution in [0.2, 0.25) is 15.1 Å². The number of nitrogens with zero attached hydrogens (tertiary/aromatic N) is 2. The number of halogens is 3. The number of carbonyl (C=O) groups excluding carboxylic acids is 2. The summed E-state index contributed by atoms with van der Waals surface area (Å²) in [7, 11) is 1.36. The Bertz CT molecular complexity index is 1210. The van der Waals surface area contributed by atoms with Crippen LogP contribution < -0.4 is 0 Å². The molecule has 0 unspecified atom stereocenters. The summed E-state index contributed by atoms with van der Waals surface area (Å²) in [6.45, 7) is 3.52. The van der Waals surface area contributed by atoms with Gasteiger partial charge in [0.15, 0.2) is 0 Å². The molecule has 3 aromatic rings. The quantitative estimate of drug-likeness (QED) is 0.309. The Morgan fingerprint density at radius 1 is 0.865 bits per heavy atom. The molecular formula is C28H27Cl3N2O4. The summed E-state index contributed by atoms with van der Waals surface area (Å²) in [5, 5.41) is 1.37. The Morgan fingerprint density at radius 3 is 2.08 bits per heavy atom. The largest absolute Gasteiger partial charge is 0.465 e. The van der Waals surface area contributed by atoms with E-state index in [2.05, 4.69) is 4.90 Å². The molecule has 194 valence electrons. The van der Waals surface area contributed by atoms with Gasteiger partial charge in [-0.25, -0.2) is 4.79 Å². The number of methoxy groups -OCH3 is 1. The van der Waals surface area contributed by atoms with Crippen LogP contribution in [0.15, 0.2) is 66.7 Å². The first-order chi connectivity index (χ1) is 17.9. The van der Waals surface area contributed by atoms with Gasteiger partial charge in [-0.2, -0.15) is 0 Å². The summed E-state index contributed by atoms with van der Waals surface area (Å²) in [5.74, 6) is -0.530. The first kappa shape index (κ1) is 27.4. The fraction of sp³-hybridized carbons (Fsp3) is 0.286. The average molecular weight is 562 g/mol. The van der Waals surface area contributed by atoms with E-state index in [0.29, 0.717) is 65.5 Å². The van der Waals surface area contributed by atoms with Crippen molar-refractivity contribution in [2.24, 2.45) is 0 Å². The fourth-order valence-corrected chi connectivity index (χ4v) is 4.90. The second-order valence-electron chi connectivity index (χ2n) is 8.73. The zero-order valence-corrected chi connectivity index (χ0v) is 22.6. The lowest BCUT2D eigenvalue weighted by Gasteiger charge is -2.36. The standard InChI is InChI=1S/C28H27Cl3N2O4/c1-36-28(35)21-7-5-19(6-8-21)18-37-25(20-9-11-22(29)12-10-20)17-32-13-15-33(16-14-32)27(34)26-23(30)3-2-4-24(26)31/h2-12,25H,13-18H2,1H3/t25-/m1/s1. The minimum atomic E-state index is -0.374. The van der Waals surface area contributed by atoms with Crippen LogP contribution in [0.4, 0.5) is 0 Å². The van der Waals surface area contributed by atoms with Gasteiger partial charge < -0.3 is 14.4 Å². The van der Waals surface area contributed by atoms with E-state index in [1.807, 2.05) is 36.4 Å². The van der Waals surface area contributed by atoms with E-state index < -0.39 is 0 Å². The molecule has 1 aliphatic heterocycles. The number of hydrogen-bond acceptors (Lipinski definition) is 5. The zero-order chi connectivity index (χ0) is 26.4. The number of piperazine rings is 1. The molecule has 3 aromatic carbocycles. The highest BCUT2D eigenvalue weighted by Crippen LogP contribution is 2.27. The highest BCUT2D eigenvalue weighted by molar-refractivity contribution is 6.39. The van der Waals surface area contributed by atoms with E-state index in [0.717, 1.165) is 11.1 Å². The van der Waals surface area contributed by atoms with Crippen LogP contribution in [0, 0.1) is 0 Å². The molecule has 0 spiro atoms. The summed E-state index contributed by atoms with van der Waals surface area (Å²) >= 11 is 18.6. The van der Waals surface area contributed by atoms with Crippen LogP contribution in [0.3, 0.4) is 0 Å². The molecule has 1 atom stereocenters. The van der Waals surface area contributed by atoms with Crippen LogP contribution in [0.5, 0.6) is 0 Å². The Labute approximate surface area is 231 Å². The van der Waals surface area contributed by atoms with Crippen molar-refractivity contribution in [2.45, 2.75) is 12.7 Å². The summed E-state index contributed by atoms with van der Waals surface area (Å²) in [5.41, 5.74) is 2.79. The lowest BCUT2D eigenvalue weighted by molar-refractivity contribution is 0.00341. The number of benzene rings is 3. The van der Waals surface area contributed by atoms with Gasteiger partial charge in [0.05, 0.1) is 41.0 Å². The molecule has 0 aliphatic carbocycles. The Kier molecular flexibility index (Phi) is 9.46. The maximum Gasteiger partial charge on any atom is 0.337 e. The molecule has 0 aromatic heterocycles. The number of amides is 1. The lowest BCUT2D eigenvalue weighted by Crippen LogP contribution is -2.49. The van der Waals surface area contributed by atoms with Crippen LogP contribution in [-0.2, 0) is 16.1 Å². The van der Waals surface area contributed by atoms with Gasteiger partial charge in [-0.1, -0.05) is 65.1 Å². The maximum atomic E-state index is 13.0. The van der Waals surface area contributed by atoms with E-state index in [1.54, 1.807) is 35.2 Å². The molecule has 37 heavy (non-hydrogen) atoms. The van der Waals surface area contributed by atoms with Crippen molar-refractivity contribution < 1.29 is 19.1 Å². The minimum Gasteiger partial charge on any atom is -0.465 e. The van der Waals surface area contributed by atoms with E-state index in [1.165, 1.54) is 7.11 Å². The fourth-order valence-electron chi connectivity index (χ4n) is 4.21. The van der Waals surface area contributed by atoms with Crippen molar-refractivity contribution in [3.63, 3.8) is 0 Å². The third kappa shape index (κ3) is 7.03. The third-order valence-electron chi connectivity index (χ3n) is 6.33. The molecule has 4 rings (SSSR count). The van der Waals surface area contributed by atoms with E-state index >= 15 is 0 Å². The molecule has 0 saturated carbocycles. The highest BCUT2D eigenvalue weighted by atomic mass is 35.5. The second kappa shape index (κ2) is 12.8. The van der Waals surface area contributed by atoms with Gasteiger partial charge in [-0.15, -0.1) is 0 Å². The van der Waals surface area contributed by atoms with Gasteiger partial charge in [-0.05, 0) is 47.5 Å². The normalized spacial score (nSPS) is 14.9. The Hall–Kier alpha value is -2.61. The van der Waals surface area contributed by atoms with Crippen molar-refractivity contribution in [3.8, 4) is 0 Å². The Balaban J connectivity index is 1.40. The van der Waals surface area contributed by atoms with Crippen LogP contribution in [0.25, 0.3) is 0 Å². The first-order valence-corrected chi connectivity index (χ1v) is 13.0. The molecule has 0 bridgehead atoms. The summed E-state index contributed by atoms with van der Waals surface area (Å²) < 4.78 is 11.1. The molecule has 1 fully saturated rings. The van der Waals surface area contributed by atoms with E-state index in [-0.39, 0.29) is 18.0 Å². The first-order valence-electron chi connectivity index (χ1n) is 11.9. The summed E-state index contributed by atoms with van der Waals surface area (Å²) in [6, 6.07) is 19.9. The zero-order valence-electron chi connectivity index (χ0n) is 20.3. The topological polar surface area (TPSA) is 59.1 Å². The van der Waals surface area contributed by atoms with Crippen molar-refractivity contribution in [1.29, 1.82) is 0 Å². The number of carbonyl (C=O) groups is 2. The molecule has 0 radical (unpaired) electrons. The maximum absolute atomic E-state index is 13.0. The predicted molar refractivity (Wildman–Crippen MR) is 146 cm³/mol. The molecule has 6 nitrogen and oxygen atoms in total. The Morgan fingerprint density at radius 2 is 1.49 bits per heavy atom. The van der Waals surface area contributed by atoms with Crippen molar-refractivity contribution >= 4 is 46.7 Å². The van der Waals surface area contributed by atoms with Gasteiger partial charge in [0, 0.05) is 37.7 Å². The minimum absolute atomic E-state index is 0.156. The molecule has 1 amide bonds. The molecule has 0 N–H and O–H groups in total. The van der Waals surface area contributed by atoms with Gasteiger partial charge >= 0.3 is 5.97 Å². The van der Waals surface area contributed by atoms with E-state index in [9.17, 15) is 9.59 Å². The highest BCUT2D eigenvalue weighted by Gasteiger charge is 2.27. The van der Waals surface area contributed by atoms with Gasteiger partial charge in [0.1, 0.15) is 0 Å². The molecular weight excluding hydrogens is 535 g/mol. The van der Waals surface area contributed by atoms with Gasteiger partial charge in [-0.3, -0.25) is 9.69 Å². The number of hydrogen-bond donors (Lipinski definition) is 0. The summed E-state index contributed by atoms with van der Waals surface area (Å²) in [4.78, 5) is 28.8. The molecule has 1 saturated heterocycles. The van der Waals surface area contributed by atoms with Crippen molar-refractivity contribution in [2.75, 3.05) is 39.8 Å². The number of esters is 1. The van der Waals surface area contributed by atoms with Crippen molar-refractivity contribution in [1.82, 2.24) is 9.80 Å². The SMILES string of the molecule is COC(=O)c1ccc(CO[C@H](CN2CCN(C(=O)c3c(Cl)cccc3Cl)CC2)c2ccc(Cl)cc2)cc1. The van der Waals surface area contributed by atoms with Gasteiger partial charge in [0.2, 0.25) is 0 Å². The molecule has 1 aliphatic rings. The van der Waals surface area contributed by atoms with Crippen molar-refractivity contribution in [3.05, 3.63) is 104 Å². The van der Waals surface area contributed by atoms with Gasteiger partial charge in [0.25, 0.3) is 5.91 Å². The molecule has 9 heteroatoms. The lowest BCUT2D eigenvalue weighted by atomic mass is 10.1. The predicted octanol–water partition coefficient (Wildman–Crippen LogP) is 6.15. The van der Waals surface area contributed by atoms with Crippen LogP contribution in [-0.4, -0.2) is 61.5 Å². The number of ether oxygens (including phenoxy) is 2. The van der Waals surface area contributed by atoms with Crippen LogP contribution in [0.1, 0.15) is 37.9 Å². The summed E-state index contributed by atoms with van der Waals surface area (Å²) in [6.07, 6.45) is -0.210. The monoisotopic (exact) mass is 560 g/mol. The van der Waals surface area contributed by atoms with E-state index in [4.69, 9.17) is 44.3 Å². The average Bonchev–Trinajstić information content (AvgIpc) is 2.91. The number of rotatable bonds is 8. The smallest absolute Gasteiger partial charge is 0.337 e. The third-order valence-corrected chi connectivity index (χ3v) is 7.21.